The lowest BCUT2D eigenvalue weighted by molar-refractivity contribution is -0.142. The number of nitrogens with zero attached hydrogens (tertiary/aromatic N) is 2. The second kappa shape index (κ2) is 9.20. The summed E-state index contributed by atoms with van der Waals surface area (Å²) in [6, 6.07) is 6.12. The summed E-state index contributed by atoms with van der Waals surface area (Å²) < 4.78 is 19.6. The number of hydrogen-bond donors (Lipinski definition) is 0. The van der Waals surface area contributed by atoms with Crippen molar-refractivity contribution >= 4 is 17.8 Å². The Hall–Kier alpha value is -2.70. The number of amides is 2. The number of carbonyl (C=O) groups excluding carboxylic acids is 3. The molecule has 0 N–H and O–H groups in total. The van der Waals surface area contributed by atoms with E-state index in [0.717, 1.165) is 19.3 Å². The summed E-state index contributed by atoms with van der Waals surface area (Å²) in [4.78, 5) is 41.4. The van der Waals surface area contributed by atoms with Gasteiger partial charge in [-0.1, -0.05) is 18.2 Å². The van der Waals surface area contributed by atoms with Crippen LogP contribution in [0.3, 0.4) is 0 Å². The Labute approximate surface area is 170 Å². The average Bonchev–Trinajstić information content (AvgIpc) is 2.71. The fourth-order valence-corrected chi connectivity index (χ4v) is 4.08. The number of esters is 1. The Balaban J connectivity index is 1.94. The molecule has 1 aromatic carbocycles. The zero-order chi connectivity index (χ0) is 21.0. The van der Waals surface area contributed by atoms with Gasteiger partial charge in [-0.25, -0.2) is 9.18 Å². The number of hydrogen-bond acceptors (Lipinski definition) is 4. The molecule has 2 aliphatic rings. The number of ether oxygens (including phenoxy) is 1. The molecule has 0 bridgehead atoms. The van der Waals surface area contributed by atoms with Crippen LogP contribution in [0, 0.1) is 5.82 Å². The van der Waals surface area contributed by atoms with E-state index in [-0.39, 0.29) is 42.5 Å². The predicted octanol–water partition coefficient (Wildman–Crippen LogP) is 2.99. The molecule has 0 aliphatic carbocycles. The Bertz CT molecular complexity index is 830. The maximum Gasteiger partial charge on any atom is 0.336 e. The SMILES string of the molecule is CCOC(=O)C1=C(C)N(CC(=O)N2CCCCC2)C(=O)CC1c1ccccc1F. The molecule has 29 heavy (non-hydrogen) atoms. The highest BCUT2D eigenvalue weighted by Crippen LogP contribution is 2.38. The highest BCUT2D eigenvalue weighted by molar-refractivity contribution is 5.97. The van der Waals surface area contributed by atoms with E-state index in [4.69, 9.17) is 4.74 Å². The van der Waals surface area contributed by atoms with Gasteiger partial charge >= 0.3 is 5.97 Å². The first kappa shape index (κ1) is 21.0. The third-order valence-electron chi connectivity index (χ3n) is 5.60. The van der Waals surface area contributed by atoms with Gasteiger partial charge in [0.05, 0.1) is 12.2 Å². The molecule has 1 unspecified atom stereocenters. The molecular formula is C22H27FN2O4. The molecule has 0 radical (unpaired) electrons. The Kier molecular flexibility index (Phi) is 6.67. The Morgan fingerprint density at radius 1 is 1.17 bits per heavy atom. The predicted molar refractivity (Wildman–Crippen MR) is 105 cm³/mol. The zero-order valence-electron chi connectivity index (χ0n) is 16.9. The summed E-state index contributed by atoms with van der Waals surface area (Å²) in [6.07, 6.45) is 2.93. The molecule has 3 rings (SSSR count). The molecule has 2 heterocycles. The summed E-state index contributed by atoms with van der Waals surface area (Å²) in [5.74, 6) is -2.22. The van der Waals surface area contributed by atoms with Crippen molar-refractivity contribution in [1.29, 1.82) is 0 Å². The van der Waals surface area contributed by atoms with Crippen molar-refractivity contribution in [1.82, 2.24) is 9.80 Å². The lowest BCUT2D eigenvalue weighted by atomic mass is 9.83. The second-order valence-corrected chi connectivity index (χ2v) is 7.42. The van der Waals surface area contributed by atoms with Gasteiger partial charge in [0.1, 0.15) is 12.4 Å². The van der Waals surface area contributed by atoms with E-state index in [1.165, 1.54) is 11.0 Å². The lowest BCUT2D eigenvalue weighted by Gasteiger charge is -2.36. The molecule has 0 saturated carbocycles. The van der Waals surface area contributed by atoms with Gasteiger partial charge in [0, 0.05) is 31.1 Å². The third kappa shape index (κ3) is 4.49. The van der Waals surface area contributed by atoms with Gasteiger partial charge in [-0.3, -0.25) is 9.59 Å². The summed E-state index contributed by atoms with van der Waals surface area (Å²) in [6.45, 7) is 4.74. The van der Waals surface area contributed by atoms with Crippen LogP contribution in [0.4, 0.5) is 4.39 Å². The van der Waals surface area contributed by atoms with Crippen LogP contribution in [0.1, 0.15) is 51.0 Å². The van der Waals surface area contributed by atoms with E-state index in [0.29, 0.717) is 18.8 Å². The quantitative estimate of drug-likeness (QED) is 0.710. The largest absolute Gasteiger partial charge is 0.463 e. The fraction of sp³-hybridized carbons (Fsp3) is 0.500. The third-order valence-corrected chi connectivity index (χ3v) is 5.60. The lowest BCUT2D eigenvalue weighted by Crippen LogP contribution is -2.46. The van der Waals surface area contributed by atoms with Gasteiger partial charge in [0.25, 0.3) is 0 Å². The summed E-state index contributed by atoms with van der Waals surface area (Å²) in [7, 11) is 0. The minimum absolute atomic E-state index is 0.0836. The molecular weight excluding hydrogens is 375 g/mol. The maximum atomic E-state index is 14.4. The van der Waals surface area contributed by atoms with Crippen LogP contribution in [0.5, 0.6) is 0 Å². The highest BCUT2D eigenvalue weighted by atomic mass is 19.1. The number of rotatable bonds is 5. The van der Waals surface area contributed by atoms with Crippen molar-refractivity contribution in [3.8, 4) is 0 Å². The molecule has 1 fully saturated rings. The first-order valence-corrected chi connectivity index (χ1v) is 10.1. The summed E-state index contributed by atoms with van der Waals surface area (Å²) in [5, 5.41) is 0. The van der Waals surface area contributed by atoms with E-state index >= 15 is 0 Å². The van der Waals surface area contributed by atoms with Crippen molar-refractivity contribution in [2.24, 2.45) is 0 Å². The molecule has 156 valence electrons. The van der Waals surface area contributed by atoms with Crippen LogP contribution < -0.4 is 0 Å². The molecule has 7 heteroatoms. The number of likely N-dealkylation sites (tertiary alicyclic amines) is 1. The topological polar surface area (TPSA) is 66.9 Å². The minimum Gasteiger partial charge on any atom is -0.463 e. The monoisotopic (exact) mass is 402 g/mol. The van der Waals surface area contributed by atoms with Crippen LogP contribution in [0.25, 0.3) is 0 Å². The maximum absolute atomic E-state index is 14.4. The molecule has 0 spiro atoms. The summed E-state index contributed by atoms with van der Waals surface area (Å²) in [5.41, 5.74) is 0.881. The minimum atomic E-state index is -0.732. The van der Waals surface area contributed by atoms with Gasteiger partial charge < -0.3 is 14.5 Å². The number of halogens is 1. The van der Waals surface area contributed by atoms with Crippen molar-refractivity contribution in [2.45, 2.75) is 45.4 Å². The number of carbonyl (C=O) groups is 3. The molecule has 2 aliphatic heterocycles. The molecule has 1 atom stereocenters. The normalized spacial score (nSPS) is 20.1. The highest BCUT2D eigenvalue weighted by Gasteiger charge is 2.39. The van der Waals surface area contributed by atoms with Crippen molar-refractivity contribution in [3.05, 3.63) is 46.9 Å². The van der Waals surface area contributed by atoms with Crippen molar-refractivity contribution in [3.63, 3.8) is 0 Å². The first-order valence-electron chi connectivity index (χ1n) is 10.1. The Morgan fingerprint density at radius 3 is 2.52 bits per heavy atom. The van der Waals surface area contributed by atoms with Crippen molar-refractivity contribution in [2.75, 3.05) is 26.2 Å². The van der Waals surface area contributed by atoms with E-state index in [1.807, 2.05) is 0 Å². The van der Waals surface area contributed by atoms with Crippen LogP contribution in [-0.2, 0) is 19.1 Å². The van der Waals surface area contributed by atoms with Gasteiger partial charge in [-0.15, -0.1) is 0 Å². The molecule has 1 saturated heterocycles. The van der Waals surface area contributed by atoms with Crippen molar-refractivity contribution < 1.29 is 23.5 Å². The standard InChI is InChI=1S/C22H27FN2O4/c1-3-29-22(28)21-15(2)25(14-20(27)24-11-7-4-8-12-24)19(26)13-17(21)16-9-5-6-10-18(16)23/h5-6,9-10,17H,3-4,7-8,11-14H2,1-2H3. The van der Waals surface area contributed by atoms with E-state index in [2.05, 4.69) is 0 Å². The number of piperidine rings is 1. The van der Waals surface area contributed by atoms with Gasteiger partial charge in [0.15, 0.2) is 0 Å². The summed E-state index contributed by atoms with van der Waals surface area (Å²) >= 11 is 0. The number of benzene rings is 1. The second-order valence-electron chi connectivity index (χ2n) is 7.42. The molecule has 6 nitrogen and oxygen atoms in total. The average molecular weight is 402 g/mol. The smallest absolute Gasteiger partial charge is 0.336 e. The number of allylic oxidation sites excluding steroid dienone is 1. The van der Waals surface area contributed by atoms with Gasteiger partial charge in [0.2, 0.25) is 11.8 Å². The fourth-order valence-electron chi connectivity index (χ4n) is 4.08. The van der Waals surface area contributed by atoms with Crippen LogP contribution >= 0.6 is 0 Å². The van der Waals surface area contributed by atoms with E-state index < -0.39 is 17.7 Å². The molecule has 2 amide bonds. The van der Waals surface area contributed by atoms with Gasteiger partial charge in [-0.05, 0) is 44.7 Å². The van der Waals surface area contributed by atoms with Gasteiger partial charge in [-0.2, -0.15) is 0 Å². The van der Waals surface area contributed by atoms with E-state index in [1.54, 1.807) is 36.9 Å². The van der Waals surface area contributed by atoms with Crippen LogP contribution in [0.15, 0.2) is 35.5 Å². The first-order chi connectivity index (χ1) is 13.9. The molecule has 0 aromatic heterocycles. The Morgan fingerprint density at radius 2 is 1.86 bits per heavy atom. The van der Waals surface area contributed by atoms with Crippen LogP contribution in [0.2, 0.25) is 0 Å². The van der Waals surface area contributed by atoms with Crippen LogP contribution in [-0.4, -0.2) is 53.8 Å². The zero-order valence-corrected chi connectivity index (χ0v) is 16.9. The van der Waals surface area contributed by atoms with E-state index in [9.17, 15) is 18.8 Å². The molecule has 1 aromatic rings.